The molecule has 2 aliphatic rings. The van der Waals surface area contributed by atoms with E-state index in [2.05, 4.69) is 0 Å². The standard InChI is InChI=1S/C18H20N2O2S/c19-16-10-15-4-1-2-7-18(15)20(12-16)23(21,22)17-9-8-13-5-3-6-14(13)11-17/h1-2,4,7-9,11,16H,3,5-6,10,12,19H2. The van der Waals surface area contributed by atoms with Crippen molar-refractivity contribution in [2.75, 3.05) is 10.8 Å². The molecule has 2 N–H and O–H groups in total. The maximum atomic E-state index is 13.2. The van der Waals surface area contributed by atoms with Crippen LogP contribution in [0.2, 0.25) is 0 Å². The highest BCUT2D eigenvalue weighted by atomic mass is 32.2. The second-order valence-corrected chi connectivity index (χ2v) is 8.28. The van der Waals surface area contributed by atoms with Gasteiger partial charge in [0.1, 0.15) is 0 Å². The molecule has 0 aromatic heterocycles. The molecule has 1 atom stereocenters. The van der Waals surface area contributed by atoms with Crippen LogP contribution >= 0.6 is 0 Å². The van der Waals surface area contributed by atoms with Crippen LogP contribution in [0, 0.1) is 0 Å². The molecule has 1 aliphatic carbocycles. The average Bonchev–Trinajstić information content (AvgIpc) is 3.01. The number of sulfonamides is 1. The molecule has 5 heteroatoms. The third kappa shape index (κ3) is 2.44. The van der Waals surface area contributed by atoms with Crippen molar-refractivity contribution in [3.63, 3.8) is 0 Å². The molecule has 0 fully saturated rings. The summed E-state index contributed by atoms with van der Waals surface area (Å²) in [4.78, 5) is 0.377. The van der Waals surface area contributed by atoms with E-state index in [0.717, 1.165) is 30.5 Å². The van der Waals surface area contributed by atoms with Crippen LogP contribution in [0.3, 0.4) is 0 Å². The summed E-state index contributed by atoms with van der Waals surface area (Å²) in [5.41, 5.74) is 10.3. The molecule has 2 aromatic carbocycles. The number of benzene rings is 2. The topological polar surface area (TPSA) is 63.4 Å². The van der Waals surface area contributed by atoms with E-state index in [1.165, 1.54) is 15.4 Å². The van der Waals surface area contributed by atoms with E-state index in [9.17, 15) is 8.42 Å². The Morgan fingerprint density at radius 2 is 1.78 bits per heavy atom. The van der Waals surface area contributed by atoms with Crippen LogP contribution in [0.25, 0.3) is 0 Å². The Hall–Kier alpha value is -1.85. The fourth-order valence-corrected chi connectivity index (χ4v) is 5.26. The molecule has 0 saturated carbocycles. The lowest BCUT2D eigenvalue weighted by Gasteiger charge is -2.33. The number of rotatable bonds is 2. The molecule has 0 amide bonds. The lowest BCUT2D eigenvalue weighted by atomic mass is 10.0. The van der Waals surface area contributed by atoms with Crippen molar-refractivity contribution in [2.45, 2.75) is 36.6 Å². The van der Waals surface area contributed by atoms with Crippen molar-refractivity contribution >= 4 is 15.7 Å². The van der Waals surface area contributed by atoms with E-state index in [-0.39, 0.29) is 6.04 Å². The van der Waals surface area contributed by atoms with Gasteiger partial charge in [0.05, 0.1) is 10.6 Å². The predicted molar refractivity (Wildman–Crippen MR) is 91.1 cm³/mol. The number of aryl methyl sites for hydroxylation is 2. The third-order valence-corrected chi connectivity index (χ3v) is 6.58. The first-order valence-electron chi connectivity index (χ1n) is 8.04. The first kappa shape index (κ1) is 14.7. The molecule has 4 rings (SSSR count). The van der Waals surface area contributed by atoms with Crippen molar-refractivity contribution in [1.29, 1.82) is 0 Å². The van der Waals surface area contributed by atoms with Gasteiger partial charge in [-0.25, -0.2) is 8.42 Å². The number of hydrogen-bond donors (Lipinski definition) is 1. The van der Waals surface area contributed by atoms with Crippen molar-refractivity contribution < 1.29 is 8.42 Å². The lowest BCUT2D eigenvalue weighted by Crippen LogP contribution is -2.46. The Labute approximate surface area is 137 Å². The largest absolute Gasteiger partial charge is 0.326 e. The van der Waals surface area contributed by atoms with Gasteiger partial charge in [-0.05, 0) is 60.6 Å². The second kappa shape index (κ2) is 5.35. The summed E-state index contributed by atoms with van der Waals surface area (Å²) in [7, 11) is -3.58. The summed E-state index contributed by atoms with van der Waals surface area (Å²) >= 11 is 0. The number of nitrogens with two attached hydrogens (primary N) is 1. The highest BCUT2D eigenvalue weighted by Crippen LogP contribution is 2.33. The molecule has 1 aliphatic heterocycles. The van der Waals surface area contributed by atoms with Gasteiger partial charge >= 0.3 is 0 Å². The van der Waals surface area contributed by atoms with Gasteiger partial charge in [-0.1, -0.05) is 24.3 Å². The molecule has 0 bridgehead atoms. The van der Waals surface area contributed by atoms with Crippen LogP contribution in [0.1, 0.15) is 23.1 Å². The molecule has 1 unspecified atom stereocenters. The van der Waals surface area contributed by atoms with Crippen LogP contribution in [-0.4, -0.2) is 21.0 Å². The van der Waals surface area contributed by atoms with Crippen molar-refractivity contribution in [3.05, 3.63) is 59.2 Å². The molecule has 0 saturated heterocycles. The normalized spacial score (nSPS) is 20.2. The molecular weight excluding hydrogens is 308 g/mol. The van der Waals surface area contributed by atoms with E-state index < -0.39 is 10.0 Å². The highest BCUT2D eigenvalue weighted by molar-refractivity contribution is 7.92. The minimum atomic E-state index is -3.58. The molecule has 1 heterocycles. The van der Waals surface area contributed by atoms with Gasteiger partial charge in [0.15, 0.2) is 0 Å². The van der Waals surface area contributed by atoms with Gasteiger partial charge in [-0.15, -0.1) is 0 Å². The maximum absolute atomic E-state index is 13.2. The molecule has 120 valence electrons. The quantitative estimate of drug-likeness (QED) is 0.920. The second-order valence-electron chi connectivity index (χ2n) is 6.41. The van der Waals surface area contributed by atoms with Crippen molar-refractivity contribution in [3.8, 4) is 0 Å². The summed E-state index contributed by atoms with van der Waals surface area (Å²) in [6.45, 7) is 0.330. The van der Waals surface area contributed by atoms with E-state index in [4.69, 9.17) is 5.73 Å². The van der Waals surface area contributed by atoms with Crippen LogP contribution in [0.4, 0.5) is 5.69 Å². The molecule has 0 radical (unpaired) electrons. The molecular formula is C18H20N2O2S. The van der Waals surface area contributed by atoms with Gasteiger partial charge in [-0.3, -0.25) is 4.31 Å². The monoisotopic (exact) mass is 328 g/mol. The minimum absolute atomic E-state index is 0.172. The summed E-state index contributed by atoms with van der Waals surface area (Å²) in [5.74, 6) is 0. The van der Waals surface area contributed by atoms with Crippen LogP contribution in [0.15, 0.2) is 47.4 Å². The predicted octanol–water partition coefficient (Wildman–Crippen LogP) is 2.25. The number of para-hydroxylation sites is 1. The van der Waals surface area contributed by atoms with E-state index >= 15 is 0 Å². The van der Waals surface area contributed by atoms with E-state index in [1.54, 1.807) is 6.07 Å². The number of anilines is 1. The Balaban J connectivity index is 1.80. The number of hydrogen-bond acceptors (Lipinski definition) is 3. The first-order chi connectivity index (χ1) is 11.1. The van der Waals surface area contributed by atoms with E-state index in [0.29, 0.717) is 17.9 Å². The highest BCUT2D eigenvalue weighted by Gasteiger charge is 2.32. The SMILES string of the molecule is NC1Cc2ccccc2N(S(=O)(=O)c2ccc3c(c2)CCC3)C1. The minimum Gasteiger partial charge on any atom is -0.326 e. The molecule has 0 spiro atoms. The summed E-state index contributed by atoms with van der Waals surface area (Å²) in [5, 5.41) is 0. The van der Waals surface area contributed by atoms with E-state index in [1.807, 2.05) is 36.4 Å². The molecule has 4 nitrogen and oxygen atoms in total. The Morgan fingerprint density at radius 1 is 1.00 bits per heavy atom. The van der Waals surface area contributed by atoms with Gasteiger partial charge in [0.25, 0.3) is 10.0 Å². The molecule has 2 aromatic rings. The summed E-state index contributed by atoms with van der Waals surface area (Å²) in [6, 6.07) is 13.0. The Kier molecular flexibility index (Phi) is 3.43. The van der Waals surface area contributed by atoms with Crippen LogP contribution in [0.5, 0.6) is 0 Å². The number of nitrogens with zero attached hydrogens (tertiary/aromatic N) is 1. The van der Waals surface area contributed by atoms with Crippen LogP contribution < -0.4 is 10.0 Å². The van der Waals surface area contributed by atoms with Gasteiger partial charge in [0, 0.05) is 12.6 Å². The summed E-state index contributed by atoms with van der Waals surface area (Å²) in [6.07, 6.45) is 3.84. The maximum Gasteiger partial charge on any atom is 0.264 e. The number of fused-ring (bicyclic) bond motifs is 2. The zero-order chi connectivity index (χ0) is 16.0. The van der Waals surface area contributed by atoms with Crippen LogP contribution in [-0.2, 0) is 29.3 Å². The Bertz CT molecular complexity index is 861. The van der Waals surface area contributed by atoms with Gasteiger partial charge in [-0.2, -0.15) is 0 Å². The fraction of sp³-hybridized carbons (Fsp3) is 0.333. The lowest BCUT2D eigenvalue weighted by molar-refractivity contribution is 0.575. The third-order valence-electron chi connectivity index (χ3n) is 4.80. The molecule has 23 heavy (non-hydrogen) atoms. The Morgan fingerprint density at radius 3 is 2.65 bits per heavy atom. The zero-order valence-electron chi connectivity index (χ0n) is 12.9. The fourth-order valence-electron chi connectivity index (χ4n) is 3.65. The van der Waals surface area contributed by atoms with Gasteiger partial charge < -0.3 is 5.73 Å². The van der Waals surface area contributed by atoms with Crippen molar-refractivity contribution in [1.82, 2.24) is 0 Å². The zero-order valence-corrected chi connectivity index (χ0v) is 13.7. The van der Waals surface area contributed by atoms with Gasteiger partial charge in [0.2, 0.25) is 0 Å². The van der Waals surface area contributed by atoms with Crippen molar-refractivity contribution in [2.24, 2.45) is 5.73 Å². The smallest absolute Gasteiger partial charge is 0.264 e. The average molecular weight is 328 g/mol. The first-order valence-corrected chi connectivity index (χ1v) is 9.48. The summed E-state index contributed by atoms with van der Waals surface area (Å²) < 4.78 is 27.8.